The summed E-state index contributed by atoms with van der Waals surface area (Å²) in [7, 11) is 0. The first-order valence-electron chi connectivity index (χ1n) is 3.38. The lowest BCUT2D eigenvalue weighted by atomic mass is 10.5. The molecule has 5 nitrogen and oxygen atoms in total. The lowest BCUT2D eigenvalue weighted by molar-refractivity contribution is 0.0990. The van der Waals surface area contributed by atoms with Gasteiger partial charge in [-0.25, -0.2) is 9.50 Å². The first kappa shape index (κ1) is 6.78. The van der Waals surface area contributed by atoms with Crippen LogP contribution in [0.5, 0.6) is 0 Å². The highest BCUT2D eigenvalue weighted by atomic mass is 16.1. The van der Waals surface area contributed by atoms with Crippen LogP contribution in [0, 0.1) is 0 Å². The van der Waals surface area contributed by atoms with Crippen molar-refractivity contribution in [1.82, 2.24) is 14.6 Å². The largest absolute Gasteiger partial charge is 0.363 e. The Bertz CT molecular complexity index is 401. The molecular weight excluding hydrogens is 156 g/mol. The molecule has 0 aliphatic carbocycles. The van der Waals surface area contributed by atoms with Crippen LogP contribution < -0.4 is 5.73 Å². The van der Waals surface area contributed by atoms with Crippen molar-refractivity contribution in [2.75, 3.05) is 0 Å². The van der Waals surface area contributed by atoms with Gasteiger partial charge in [-0.05, 0) is 12.1 Å². The summed E-state index contributed by atoms with van der Waals surface area (Å²) in [5.41, 5.74) is 5.62. The molecule has 1 amide bonds. The van der Waals surface area contributed by atoms with Gasteiger partial charge < -0.3 is 5.73 Å². The summed E-state index contributed by atoms with van der Waals surface area (Å²) in [5.74, 6) is -0.570. The molecule has 0 spiro atoms. The third kappa shape index (κ3) is 0.914. The monoisotopic (exact) mass is 162 g/mol. The van der Waals surface area contributed by atoms with Gasteiger partial charge in [0.05, 0.1) is 0 Å². The molecule has 0 unspecified atom stereocenters. The van der Waals surface area contributed by atoms with Gasteiger partial charge in [-0.3, -0.25) is 4.79 Å². The number of hydrogen-bond donors (Lipinski definition) is 1. The molecular formula is C7H6N4O. The average molecular weight is 162 g/mol. The van der Waals surface area contributed by atoms with Gasteiger partial charge in [0, 0.05) is 6.20 Å². The summed E-state index contributed by atoms with van der Waals surface area (Å²) in [6.07, 6.45) is 1.70. The van der Waals surface area contributed by atoms with E-state index >= 15 is 0 Å². The van der Waals surface area contributed by atoms with Crippen LogP contribution in [-0.4, -0.2) is 20.5 Å². The van der Waals surface area contributed by atoms with Crippen LogP contribution in [0.2, 0.25) is 0 Å². The average Bonchev–Trinajstić information content (AvgIpc) is 2.46. The predicted molar refractivity (Wildman–Crippen MR) is 41.5 cm³/mol. The fourth-order valence-corrected chi connectivity index (χ4v) is 0.936. The van der Waals surface area contributed by atoms with E-state index in [0.717, 1.165) is 0 Å². The Kier molecular flexibility index (Phi) is 1.30. The number of pyridine rings is 1. The molecule has 12 heavy (non-hydrogen) atoms. The van der Waals surface area contributed by atoms with Gasteiger partial charge in [-0.2, -0.15) is 0 Å². The number of fused-ring (bicyclic) bond motifs is 1. The lowest BCUT2D eigenvalue weighted by Gasteiger charge is -1.84. The van der Waals surface area contributed by atoms with Crippen molar-refractivity contribution in [3.8, 4) is 0 Å². The number of aromatic nitrogens is 3. The van der Waals surface area contributed by atoms with Crippen molar-refractivity contribution >= 4 is 11.6 Å². The minimum atomic E-state index is -0.612. The molecule has 0 fully saturated rings. The zero-order valence-corrected chi connectivity index (χ0v) is 6.14. The highest BCUT2D eigenvalue weighted by Gasteiger charge is 2.06. The molecule has 0 saturated heterocycles. The number of nitrogens with zero attached hydrogens (tertiary/aromatic N) is 3. The second kappa shape index (κ2) is 2.30. The highest BCUT2D eigenvalue weighted by Crippen LogP contribution is 1.98. The predicted octanol–water partition coefficient (Wildman–Crippen LogP) is -0.172. The first-order valence-corrected chi connectivity index (χ1v) is 3.38. The number of hydrogen-bond acceptors (Lipinski definition) is 3. The number of carbonyl (C=O) groups excluding carboxylic acids is 1. The number of amides is 1. The number of rotatable bonds is 1. The van der Waals surface area contributed by atoms with Crippen LogP contribution >= 0.6 is 0 Å². The topological polar surface area (TPSA) is 73.3 Å². The molecule has 60 valence electrons. The summed E-state index contributed by atoms with van der Waals surface area (Å²) >= 11 is 0. The fraction of sp³-hybridized carbons (Fsp3) is 0. The highest BCUT2D eigenvalue weighted by molar-refractivity contribution is 5.89. The molecule has 2 rings (SSSR count). The first-order chi connectivity index (χ1) is 5.77. The Labute approximate surface area is 67.8 Å². The summed E-state index contributed by atoms with van der Waals surface area (Å²) < 4.78 is 1.50. The Hall–Kier alpha value is -1.91. The normalized spacial score (nSPS) is 10.3. The Balaban J connectivity index is 2.70. The van der Waals surface area contributed by atoms with Crippen LogP contribution in [0.25, 0.3) is 5.65 Å². The van der Waals surface area contributed by atoms with Gasteiger partial charge in [-0.15, -0.1) is 5.10 Å². The summed E-state index contributed by atoms with van der Waals surface area (Å²) in [4.78, 5) is 14.5. The van der Waals surface area contributed by atoms with Gasteiger partial charge in [-0.1, -0.05) is 6.07 Å². The zero-order valence-electron chi connectivity index (χ0n) is 6.14. The second-order valence-electron chi connectivity index (χ2n) is 2.30. The van der Waals surface area contributed by atoms with E-state index in [2.05, 4.69) is 10.1 Å². The van der Waals surface area contributed by atoms with Crippen molar-refractivity contribution in [2.45, 2.75) is 0 Å². The quantitative estimate of drug-likeness (QED) is 0.632. The molecule has 0 atom stereocenters. The molecule has 2 aromatic heterocycles. The Morgan fingerprint density at radius 2 is 2.33 bits per heavy atom. The van der Waals surface area contributed by atoms with Crippen molar-refractivity contribution in [1.29, 1.82) is 0 Å². The standard InChI is InChI=1S/C7H6N4O/c8-6(12)7-9-5-3-1-2-4-11(5)10-7/h1-4H,(H2,8,12). The molecule has 0 aromatic carbocycles. The van der Waals surface area contributed by atoms with Crippen LogP contribution in [0.15, 0.2) is 24.4 Å². The van der Waals surface area contributed by atoms with Crippen LogP contribution in [-0.2, 0) is 0 Å². The number of nitrogens with two attached hydrogens (primary N) is 1. The van der Waals surface area contributed by atoms with Crippen LogP contribution in [0.4, 0.5) is 0 Å². The van der Waals surface area contributed by atoms with Crippen molar-refractivity contribution in [3.63, 3.8) is 0 Å². The molecule has 0 radical (unpaired) electrons. The Morgan fingerprint density at radius 3 is 3.00 bits per heavy atom. The molecule has 2 aromatic rings. The SMILES string of the molecule is NC(=O)c1nc2ccccn2n1. The van der Waals surface area contributed by atoms with E-state index in [-0.39, 0.29) is 5.82 Å². The van der Waals surface area contributed by atoms with Crippen LogP contribution in [0.1, 0.15) is 10.6 Å². The van der Waals surface area contributed by atoms with E-state index in [1.165, 1.54) is 4.52 Å². The Morgan fingerprint density at radius 1 is 1.50 bits per heavy atom. The molecule has 2 heterocycles. The van der Waals surface area contributed by atoms with Gasteiger partial charge in [0.1, 0.15) is 0 Å². The second-order valence-corrected chi connectivity index (χ2v) is 2.30. The van der Waals surface area contributed by atoms with E-state index in [0.29, 0.717) is 5.65 Å². The van der Waals surface area contributed by atoms with Gasteiger partial charge >= 0.3 is 0 Å². The number of primary amides is 1. The van der Waals surface area contributed by atoms with E-state index in [4.69, 9.17) is 5.73 Å². The van der Waals surface area contributed by atoms with Gasteiger partial charge in [0.25, 0.3) is 5.91 Å². The van der Waals surface area contributed by atoms with Crippen LogP contribution in [0.3, 0.4) is 0 Å². The minimum absolute atomic E-state index is 0.0428. The molecule has 0 bridgehead atoms. The van der Waals surface area contributed by atoms with E-state index < -0.39 is 5.91 Å². The van der Waals surface area contributed by atoms with Crippen molar-refractivity contribution in [2.24, 2.45) is 5.73 Å². The van der Waals surface area contributed by atoms with Gasteiger partial charge in [0.15, 0.2) is 5.65 Å². The van der Waals surface area contributed by atoms with E-state index in [1.807, 2.05) is 6.07 Å². The smallest absolute Gasteiger partial charge is 0.288 e. The molecule has 0 saturated carbocycles. The van der Waals surface area contributed by atoms with Crippen molar-refractivity contribution < 1.29 is 4.79 Å². The summed E-state index contributed by atoms with van der Waals surface area (Å²) in [6.45, 7) is 0. The molecule has 0 aliphatic rings. The maximum atomic E-state index is 10.7. The third-order valence-corrected chi connectivity index (χ3v) is 1.46. The maximum absolute atomic E-state index is 10.7. The minimum Gasteiger partial charge on any atom is -0.363 e. The van der Waals surface area contributed by atoms with Gasteiger partial charge in [0.2, 0.25) is 5.82 Å². The summed E-state index contributed by atoms with van der Waals surface area (Å²) in [6, 6.07) is 5.36. The van der Waals surface area contributed by atoms with Crippen molar-refractivity contribution in [3.05, 3.63) is 30.2 Å². The molecule has 5 heteroatoms. The zero-order chi connectivity index (χ0) is 8.55. The maximum Gasteiger partial charge on any atom is 0.288 e. The molecule has 2 N–H and O–H groups in total. The molecule has 0 aliphatic heterocycles. The fourth-order valence-electron chi connectivity index (χ4n) is 0.936. The lowest BCUT2D eigenvalue weighted by Crippen LogP contribution is -2.12. The van der Waals surface area contributed by atoms with E-state index in [9.17, 15) is 4.79 Å². The number of carbonyl (C=O) groups is 1. The van der Waals surface area contributed by atoms with E-state index in [1.54, 1.807) is 18.3 Å². The third-order valence-electron chi connectivity index (χ3n) is 1.46. The summed E-state index contributed by atoms with van der Waals surface area (Å²) in [5, 5.41) is 3.84.